The molecule has 1 nitrogen and oxygen atoms in total. The van der Waals surface area contributed by atoms with Crippen molar-refractivity contribution >= 4 is 20.5 Å². The molecule has 2 saturated heterocycles. The van der Waals surface area contributed by atoms with Crippen molar-refractivity contribution < 1.29 is 5.02 Å². The van der Waals surface area contributed by atoms with Crippen LogP contribution in [-0.2, 0) is 0 Å². The van der Waals surface area contributed by atoms with Crippen molar-refractivity contribution in [3.8, 4) is 0 Å². The predicted octanol–water partition coefficient (Wildman–Crippen LogP) is -0.972. The van der Waals surface area contributed by atoms with Gasteiger partial charge >= 0.3 is 0 Å². The van der Waals surface area contributed by atoms with Crippen LogP contribution in [-0.4, -0.2) is 25.5 Å². The molecule has 2 fully saturated rings. The molecule has 2 rings (SSSR count). The molecule has 0 bridgehead atoms. The van der Waals surface area contributed by atoms with Crippen molar-refractivity contribution in [3.63, 3.8) is 0 Å². The summed E-state index contributed by atoms with van der Waals surface area (Å²) in [6.45, 7) is 2.72. The molecular weight excluding hydrogens is 72.5 g/mol. The number of rotatable bonds is 0. The van der Waals surface area contributed by atoms with E-state index in [2.05, 4.69) is 14.1 Å². The molecule has 0 spiro atoms. The Morgan fingerprint density at radius 2 is 2.17 bits per heavy atom. The van der Waals surface area contributed by atoms with Crippen LogP contribution in [0.25, 0.3) is 0 Å². The molecule has 0 aromatic carbocycles. The van der Waals surface area contributed by atoms with Crippen LogP contribution in [0.2, 0.25) is 5.11 Å². The van der Waals surface area contributed by atoms with Crippen LogP contribution in [0.3, 0.4) is 0 Å². The number of hydrogen-bond acceptors (Lipinski definition) is 1. The highest BCUT2D eigenvalue weighted by Gasteiger charge is 2.79. The Balaban J connectivity index is 2.23. The van der Waals surface area contributed by atoms with Crippen LogP contribution >= 0.6 is 0 Å². The van der Waals surface area contributed by atoms with E-state index in [9.17, 15) is 0 Å². The zero-order chi connectivity index (χ0) is 4.36. The van der Waals surface area contributed by atoms with Gasteiger partial charge in [0.15, 0.2) is 0 Å². The summed E-state index contributed by atoms with van der Waals surface area (Å²) in [5.74, 6) is 0. The van der Waals surface area contributed by atoms with Gasteiger partial charge < -0.3 is 5.02 Å². The van der Waals surface area contributed by atoms with E-state index in [4.69, 9.17) is 5.02 Å². The molecule has 0 aliphatic carbocycles. The van der Waals surface area contributed by atoms with Crippen LogP contribution in [0, 0.1) is 0 Å². The van der Waals surface area contributed by atoms with Crippen LogP contribution < -0.4 is 0 Å². The number of fused-ring (bicyclic) bond motifs is 1. The van der Waals surface area contributed by atoms with E-state index in [1.54, 1.807) is 0 Å². The quantitative estimate of drug-likeness (QED) is 0.368. The Morgan fingerprint density at radius 3 is 2.17 bits per heavy atom. The van der Waals surface area contributed by atoms with E-state index in [0.717, 1.165) is 0 Å². The molecule has 2 aliphatic rings. The minimum atomic E-state index is 0.0394. The first-order valence-electron chi connectivity index (χ1n) is 2.29. The van der Waals surface area contributed by atoms with Gasteiger partial charge in [-0.2, -0.15) is 0 Å². The summed E-state index contributed by atoms with van der Waals surface area (Å²) in [5, 5.41) is 9.02. The highest BCUT2D eigenvalue weighted by Crippen LogP contribution is 2.62. The second-order valence-electron chi connectivity index (χ2n) is 2.50. The summed E-state index contributed by atoms with van der Waals surface area (Å²) < 4.78 is 0. The maximum atomic E-state index is 8.71. The SMILES string of the molecule is CC12[B]B1B2O. The van der Waals surface area contributed by atoms with Crippen LogP contribution in [0.1, 0.15) is 6.92 Å². The standard InChI is InChI=1S/C2H4B3O/c1-2-3-4(2)5(2)6/h6H,1H3. The second-order valence-corrected chi connectivity index (χ2v) is 2.50. The first kappa shape index (κ1) is 3.19. The lowest BCUT2D eigenvalue weighted by Crippen LogP contribution is -2.12. The van der Waals surface area contributed by atoms with E-state index in [1.807, 2.05) is 0 Å². The Hall–Kier alpha value is 0.155. The molecule has 0 saturated carbocycles. The van der Waals surface area contributed by atoms with Gasteiger partial charge in [0, 0.05) is 0 Å². The molecule has 2 aliphatic heterocycles. The van der Waals surface area contributed by atoms with Gasteiger partial charge in [0.1, 0.15) is 0 Å². The lowest BCUT2D eigenvalue weighted by Gasteiger charge is -1.90. The molecular formula is C2H4B3O. The fourth-order valence-electron chi connectivity index (χ4n) is 0.952. The molecule has 0 aromatic rings. The van der Waals surface area contributed by atoms with Gasteiger partial charge in [0.05, 0.1) is 13.7 Å². The molecule has 2 heterocycles. The Labute approximate surface area is 38.5 Å². The van der Waals surface area contributed by atoms with Gasteiger partial charge in [0.25, 0.3) is 0 Å². The highest BCUT2D eigenvalue weighted by molar-refractivity contribution is 7.80. The topological polar surface area (TPSA) is 20.2 Å². The number of hydrogen-bond donors (Lipinski definition) is 1. The Bertz CT molecular complexity index is 99.0. The first-order valence-corrected chi connectivity index (χ1v) is 2.29. The van der Waals surface area contributed by atoms with Crippen molar-refractivity contribution in [1.82, 2.24) is 0 Å². The zero-order valence-corrected chi connectivity index (χ0v) is 3.68. The van der Waals surface area contributed by atoms with Crippen LogP contribution in [0.5, 0.6) is 0 Å². The molecule has 1 radical (unpaired) electrons. The minimum absolute atomic E-state index is 0.0394. The predicted molar refractivity (Wildman–Crippen MR) is 27.8 cm³/mol. The second kappa shape index (κ2) is 0.514. The summed E-state index contributed by atoms with van der Waals surface area (Å²) in [4.78, 5) is 0. The van der Waals surface area contributed by atoms with E-state index in [1.165, 1.54) is 0 Å². The maximum absolute atomic E-state index is 8.71. The summed E-state index contributed by atoms with van der Waals surface area (Å²) in [5.41, 5.74) is 0. The normalized spacial score (nSPS) is 47.7. The van der Waals surface area contributed by atoms with E-state index in [0.29, 0.717) is 11.6 Å². The summed E-state index contributed by atoms with van der Waals surface area (Å²) in [6, 6.07) is 0. The average molecular weight is 76.5 g/mol. The van der Waals surface area contributed by atoms with Crippen molar-refractivity contribution in [2.24, 2.45) is 0 Å². The van der Waals surface area contributed by atoms with E-state index in [-0.39, 0.29) is 6.81 Å². The molecule has 1 N–H and O–H groups in total. The molecule has 1 unspecified atom stereocenters. The van der Waals surface area contributed by atoms with Gasteiger partial charge in [-0.3, -0.25) is 0 Å². The van der Waals surface area contributed by atoms with Crippen LogP contribution in [0.15, 0.2) is 0 Å². The third kappa shape index (κ3) is 0.141. The van der Waals surface area contributed by atoms with Crippen LogP contribution in [0.4, 0.5) is 0 Å². The molecule has 0 amide bonds. The van der Waals surface area contributed by atoms with E-state index < -0.39 is 0 Å². The maximum Gasteiger partial charge on any atom is 0.230 e. The third-order valence-corrected chi connectivity index (χ3v) is 2.02. The van der Waals surface area contributed by atoms with Gasteiger partial charge in [-0.1, -0.05) is 12.0 Å². The van der Waals surface area contributed by atoms with E-state index >= 15 is 0 Å². The molecule has 4 heteroatoms. The van der Waals surface area contributed by atoms with Gasteiger partial charge in [-0.25, -0.2) is 0 Å². The monoisotopic (exact) mass is 77.1 g/mol. The van der Waals surface area contributed by atoms with Gasteiger partial charge in [-0.15, -0.1) is 0 Å². The van der Waals surface area contributed by atoms with Crippen molar-refractivity contribution in [2.45, 2.75) is 12.0 Å². The molecule has 0 aromatic heterocycles. The summed E-state index contributed by atoms with van der Waals surface area (Å²) in [6.07, 6.45) is 0. The minimum Gasteiger partial charge on any atom is -0.460 e. The molecule has 6 heavy (non-hydrogen) atoms. The van der Waals surface area contributed by atoms with Crippen molar-refractivity contribution in [1.29, 1.82) is 0 Å². The summed E-state index contributed by atoms with van der Waals surface area (Å²) in [7, 11) is 2.18. The van der Waals surface area contributed by atoms with Gasteiger partial charge in [-0.05, 0) is 0 Å². The lowest BCUT2D eigenvalue weighted by molar-refractivity contribution is 0.596. The lowest BCUT2D eigenvalue weighted by atomic mass is 9.29. The van der Waals surface area contributed by atoms with Crippen molar-refractivity contribution in [2.75, 3.05) is 0 Å². The summed E-state index contributed by atoms with van der Waals surface area (Å²) >= 11 is 0. The van der Waals surface area contributed by atoms with Crippen molar-refractivity contribution in [3.05, 3.63) is 0 Å². The fourth-order valence-corrected chi connectivity index (χ4v) is 0.952. The average Bonchev–Trinajstić information content (AvgIpc) is 2.24. The highest BCUT2D eigenvalue weighted by atomic mass is 16.2. The fraction of sp³-hybridized carbons (Fsp3) is 1.00. The Kier molecular flexibility index (Phi) is 0.274. The molecule has 1 atom stereocenters. The first-order chi connectivity index (χ1) is 2.75. The smallest absolute Gasteiger partial charge is 0.230 e. The third-order valence-electron chi connectivity index (χ3n) is 2.02. The largest absolute Gasteiger partial charge is 0.460 e. The zero-order valence-electron chi connectivity index (χ0n) is 3.68. The Morgan fingerprint density at radius 1 is 1.83 bits per heavy atom. The molecule has 27 valence electrons. The van der Waals surface area contributed by atoms with Gasteiger partial charge in [0.2, 0.25) is 6.81 Å².